The second kappa shape index (κ2) is 11.0. The van der Waals surface area contributed by atoms with Crippen LogP contribution in [0.5, 0.6) is 0 Å². The van der Waals surface area contributed by atoms with Crippen LogP contribution < -0.4 is 10.2 Å². The summed E-state index contributed by atoms with van der Waals surface area (Å²) in [6.45, 7) is 5.07. The number of likely N-dealkylation sites (tertiary alicyclic amines) is 1. The van der Waals surface area contributed by atoms with Gasteiger partial charge in [-0.3, -0.25) is 9.59 Å². The smallest absolute Gasteiger partial charge is 0.234 e. The first kappa shape index (κ1) is 23.5. The summed E-state index contributed by atoms with van der Waals surface area (Å²) in [4.78, 5) is 29.1. The zero-order valence-corrected chi connectivity index (χ0v) is 19.7. The van der Waals surface area contributed by atoms with Crippen LogP contribution in [0.2, 0.25) is 0 Å². The zero-order valence-electron chi connectivity index (χ0n) is 18.9. The Morgan fingerprint density at radius 2 is 1.82 bits per heavy atom. The van der Waals surface area contributed by atoms with Gasteiger partial charge in [0.05, 0.1) is 5.75 Å². The summed E-state index contributed by atoms with van der Waals surface area (Å²) in [5.74, 6) is 0.814. The van der Waals surface area contributed by atoms with Crippen LogP contribution in [0.25, 0.3) is 0 Å². The fourth-order valence-electron chi connectivity index (χ4n) is 4.29. The van der Waals surface area contributed by atoms with E-state index in [0.717, 1.165) is 57.7 Å². The minimum Gasteiger partial charge on any atom is -0.355 e. The first-order chi connectivity index (χ1) is 16.0. The summed E-state index contributed by atoms with van der Waals surface area (Å²) in [6, 6.07) is 8.40. The molecular formula is C24H30FN5O2S. The molecule has 0 spiro atoms. The number of hydrogen-bond acceptors (Lipinski definition) is 6. The number of aromatic nitrogens is 2. The third-order valence-electron chi connectivity index (χ3n) is 6.27. The minimum atomic E-state index is -0.346. The molecule has 2 fully saturated rings. The monoisotopic (exact) mass is 471 g/mol. The third-order valence-corrected chi connectivity index (χ3v) is 7.19. The fraction of sp³-hybridized carbons (Fsp3) is 0.500. The molecule has 4 rings (SSSR count). The second-order valence-corrected chi connectivity index (χ2v) is 9.67. The molecule has 33 heavy (non-hydrogen) atoms. The van der Waals surface area contributed by atoms with E-state index in [1.807, 2.05) is 17.0 Å². The summed E-state index contributed by atoms with van der Waals surface area (Å²) >= 11 is 1.28. The van der Waals surface area contributed by atoms with Gasteiger partial charge in [0.2, 0.25) is 11.8 Å². The van der Waals surface area contributed by atoms with E-state index in [1.165, 1.54) is 24.2 Å². The predicted molar refractivity (Wildman–Crippen MR) is 128 cm³/mol. The van der Waals surface area contributed by atoms with Gasteiger partial charge in [-0.05, 0) is 68.9 Å². The Balaban J connectivity index is 1.22. The number of carbonyl (C=O) groups is 2. The maximum absolute atomic E-state index is 13.6. The molecular weight excluding hydrogens is 441 g/mol. The van der Waals surface area contributed by atoms with Crippen LogP contribution in [-0.4, -0.2) is 58.8 Å². The first-order valence-electron chi connectivity index (χ1n) is 11.6. The highest BCUT2D eigenvalue weighted by molar-refractivity contribution is 7.99. The Morgan fingerprint density at radius 1 is 1.06 bits per heavy atom. The second-order valence-electron chi connectivity index (χ2n) is 8.68. The zero-order chi connectivity index (χ0) is 23.2. The molecule has 2 aliphatic heterocycles. The summed E-state index contributed by atoms with van der Waals surface area (Å²) in [6.07, 6.45) is 5.15. The molecule has 0 aliphatic carbocycles. The lowest BCUT2D eigenvalue weighted by Crippen LogP contribution is -2.44. The Kier molecular flexibility index (Phi) is 7.80. The van der Waals surface area contributed by atoms with Gasteiger partial charge in [-0.25, -0.2) is 4.39 Å². The number of aryl methyl sites for hydroxylation is 1. The van der Waals surface area contributed by atoms with Crippen LogP contribution in [0.3, 0.4) is 0 Å². The number of anilines is 2. The van der Waals surface area contributed by atoms with Gasteiger partial charge in [-0.2, -0.15) is 0 Å². The number of thioether (sulfide) groups is 1. The maximum atomic E-state index is 13.6. The standard InChI is InChI=1S/C24H30FN5O2S/c1-17-5-6-19(15-20(17)25)26-22(31)16-33-23-8-7-21(27-28-23)29-13-9-18(10-14-29)24(32)30-11-3-2-4-12-30/h5-8,15,18H,2-4,9-14,16H2,1H3,(H,26,31). The van der Waals surface area contributed by atoms with Gasteiger partial charge in [0.25, 0.3) is 0 Å². The molecule has 0 radical (unpaired) electrons. The summed E-state index contributed by atoms with van der Waals surface area (Å²) in [5, 5.41) is 11.9. The van der Waals surface area contributed by atoms with Crippen LogP contribution in [0.15, 0.2) is 35.4 Å². The van der Waals surface area contributed by atoms with E-state index in [4.69, 9.17) is 0 Å². The van der Waals surface area contributed by atoms with Crippen molar-refractivity contribution in [1.29, 1.82) is 0 Å². The number of rotatable bonds is 6. The Morgan fingerprint density at radius 3 is 2.48 bits per heavy atom. The van der Waals surface area contributed by atoms with Crippen LogP contribution in [0, 0.1) is 18.7 Å². The van der Waals surface area contributed by atoms with Crippen molar-refractivity contribution in [2.24, 2.45) is 5.92 Å². The highest BCUT2D eigenvalue weighted by Crippen LogP contribution is 2.25. The third kappa shape index (κ3) is 6.22. The van der Waals surface area contributed by atoms with E-state index in [2.05, 4.69) is 20.4 Å². The molecule has 2 amide bonds. The number of nitrogens with one attached hydrogen (secondary N) is 1. The van der Waals surface area contributed by atoms with Crippen molar-refractivity contribution in [3.8, 4) is 0 Å². The van der Waals surface area contributed by atoms with E-state index in [-0.39, 0.29) is 23.4 Å². The SMILES string of the molecule is Cc1ccc(NC(=O)CSc2ccc(N3CCC(C(=O)N4CCCCC4)CC3)nn2)cc1F. The van der Waals surface area contributed by atoms with Gasteiger partial charge in [0.1, 0.15) is 10.8 Å². The Labute approximate surface area is 198 Å². The lowest BCUT2D eigenvalue weighted by atomic mass is 9.94. The molecule has 3 heterocycles. The molecule has 0 unspecified atom stereocenters. The van der Waals surface area contributed by atoms with Crippen LogP contribution in [0.1, 0.15) is 37.7 Å². The van der Waals surface area contributed by atoms with Crippen molar-refractivity contribution in [2.45, 2.75) is 44.1 Å². The quantitative estimate of drug-likeness (QED) is 0.644. The predicted octanol–water partition coefficient (Wildman–Crippen LogP) is 3.88. The van der Waals surface area contributed by atoms with Crippen molar-refractivity contribution < 1.29 is 14.0 Å². The summed E-state index contributed by atoms with van der Waals surface area (Å²) < 4.78 is 13.6. The van der Waals surface area contributed by atoms with Crippen molar-refractivity contribution in [2.75, 3.05) is 42.1 Å². The topological polar surface area (TPSA) is 78.4 Å². The highest BCUT2D eigenvalue weighted by Gasteiger charge is 2.29. The van der Waals surface area contributed by atoms with Crippen molar-refractivity contribution in [1.82, 2.24) is 15.1 Å². The summed E-state index contributed by atoms with van der Waals surface area (Å²) in [5.41, 5.74) is 0.975. The number of halogens is 1. The van der Waals surface area contributed by atoms with Crippen molar-refractivity contribution >= 4 is 35.1 Å². The summed E-state index contributed by atoms with van der Waals surface area (Å²) in [7, 11) is 0. The van der Waals surface area contributed by atoms with E-state index in [1.54, 1.807) is 19.1 Å². The molecule has 1 aromatic carbocycles. The van der Waals surface area contributed by atoms with E-state index in [9.17, 15) is 14.0 Å². The molecule has 176 valence electrons. The average Bonchev–Trinajstić information content (AvgIpc) is 2.85. The molecule has 2 saturated heterocycles. The molecule has 2 aromatic rings. The van der Waals surface area contributed by atoms with E-state index in [0.29, 0.717) is 22.2 Å². The van der Waals surface area contributed by atoms with Gasteiger partial charge in [-0.15, -0.1) is 10.2 Å². The molecule has 9 heteroatoms. The largest absolute Gasteiger partial charge is 0.355 e. The normalized spacial score (nSPS) is 17.2. The molecule has 1 aromatic heterocycles. The average molecular weight is 472 g/mol. The molecule has 2 aliphatic rings. The highest BCUT2D eigenvalue weighted by atomic mass is 32.2. The Bertz CT molecular complexity index is 973. The number of benzene rings is 1. The van der Waals surface area contributed by atoms with Crippen molar-refractivity contribution in [3.05, 3.63) is 41.7 Å². The lowest BCUT2D eigenvalue weighted by molar-refractivity contribution is -0.137. The molecule has 0 bridgehead atoms. The van der Waals surface area contributed by atoms with Gasteiger partial charge < -0.3 is 15.1 Å². The number of nitrogens with zero attached hydrogens (tertiary/aromatic N) is 4. The van der Waals surface area contributed by atoms with Gasteiger partial charge >= 0.3 is 0 Å². The molecule has 7 nitrogen and oxygen atoms in total. The van der Waals surface area contributed by atoms with E-state index >= 15 is 0 Å². The van der Waals surface area contributed by atoms with E-state index < -0.39 is 0 Å². The molecule has 0 atom stereocenters. The molecule has 1 N–H and O–H groups in total. The van der Waals surface area contributed by atoms with Crippen LogP contribution in [0.4, 0.5) is 15.9 Å². The minimum absolute atomic E-state index is 0.114. The number of carbonyl (C=O) groups excluding carboxylic acids is 2. The van der Waals surface area contributed by atoms with Gasteiger partial charge in [-0.1, -0.05) is 17.8 Å². The van der Waals surface area contributed by atoms with Gasteiger partial charge in [0.15, 0.2) is 5.82 Å². The number of piperidine rings is 2. The van der Waals surface area contributed by atoms with Crippen LogP contribution >= 0.6 is 11.8 Å². The maximum Gasteiger partial charge on any atom is 0.234 e. The first-order valence-corrected chi connectivity index (χ1v) is 12.5. The lowest BCUT2D eigenvalue weighted by Gasteiger charge is -2.35. The molecule has 0 saturated carbocycles. The van der Waals surface area contributed by atoms with Crippen molar-refractivity contribution in [3.63, 3.8) is 0 Å². The van der Waals surface area contributed by atoms with Gasteiger partial charge in [0, 0.05) is 37.8 Å². The fourth-order valence-corrected chi connectivity index (χ4v) is 4.91. The Hall–Kier alpha value is -2.68. The number of amides is 2. The number of hydrogen-bond donors (Lipinski definition) is 1. The van der Waals surface area contributed by atoms with Crippen LogP contribution in [-0.2, 0) is 9.59 Å².